The summed E-state index contributed by atoms with van der Waals surface area (Å²) in [6.07, 6.45) is 3.77. The molecule has 2 aliphatic rings. The molecule has 1 saturated carbocycles. The molecule has 1 aliphatic carbocycles. The first-order valence-corrected chi connectivity index (χ1v) is 8.81. The lowest BCUT2D eigenvalue weighted by atomic mass is 9.62. The van der Waals surface area contributed by atoms with Crippen LogP contribution in [0.2, 0.25) is 0 Å². The van der Waals surface area contributed by atoms with Gasteiger partial charge in [-0.3, -0.25) is 4.98 Å². The van der Waals surface area contributed by atoms with Crippen LogP contribution in [0.15, 0.2) is 36.5 Å². The number of pyridine rings is 1. The topological polar surface area (TPSA) is 51.7 Å². The Morgan fingerprint density at radius 3 is 2.68 bits per heavy atom. The fourth-order valence-electron chi connectivity index (χ4n) is 3.77. The molecule has 0 N–H and O–H groups in total. The Morgan fingerprint density at radius 2 is 1.96 bits per heavy atom. The van der Waals surface area contributed by atoms with Gasteiger partial charge in [-0.15, -0.1) is 0 Å². The molecule has 0 atom stereocenters. The molecule has 1 saturated heterocycles. The van der Waals surface area contributed by atoms with Crippen molar-refractivity contribution in [2.75, 3.05) is 13.1 Å². The molecule has 0 bridgehead atoms. The highest BCUT2D eigenvalue weighted by Crippen LogP contribution is 2.50. The number of carbonyl (C=O) groups is 1. The van der Waals surface area contributed by atoms with Gasteiger partial charge < -0.3 is 14.4 Å². The van der Waals surface area contributed by atoms with Gasteiger partial charge in [-0.2, -0.15) is 0 Å². The van der Waals surface area contributed by atoms with E-state index in [0.29, 0.717) is 0 Å². The van der Waals surface area contributed by atoms with E-state index in [-0.39, 0.29) is 17.6 Å². The largest absolute Gasteiger partial charge is 0.489 e. The van der Waals surface area contributed by atoms with Crippen LogP contribution in [0.25, 0.3) is 10.9 Å². The summed E-state index contributed by atoms with van der Waals surface area (Å²) in [5, 5.41) is 1.09. The number of likely N-dealkylation sites (tertiary alicyclic amines) is 1. The van der Waals surface area contributed by atoms with Crippen LogP contribution in [-0.2, 0) is 4.74 Å². The number of hydrogen-bond donors (Lipinski definition) is 0. The molecular weight excluding hydrogens is 316 g/mol. The summed E-state index contributed by atoms with van der Waals surface area (Å²) in [5.41, 5.74) is 0.770. The average molecular weight is 340 g/mol. The van der Waals surface area contributed by atoms with E-state index in [2.05, 4.69) is 4.98 Å². The Morgan fingerprint density at radius 1 is 1.24 bits per heavy atom. The molecule has 1 aromatic heterocycles. The van der Waals surface area contributed by atoms with Crippen LogP contribution < -0.4 is 4.74 Å². The smallest absolute Gasteiger partial charge is 0.410 e. The fourth-order valence-corrected chi connectivity index (χ4v) is 3.77. The number of rotatable bonds is 2. The summed E-state index contributed by atoms with van der Waals surface area (Å²) < 4.78 is 11.5. The monoisotopic (exact) mass is 340 g/mol. The molecule has 0 unspecified atom stereocenters. The predicted molar refractivity (Wildman–Crippen MR) is 95.6 cm³/mol. The van der Waals surface area contributed by atoms with Gasteiger partial charge >= 0.3 is 6.09 Å². The minimum absolute atomic E-state index is 0.207. The Balaban J connectivity index is 1.29. The molecule has 132 valence electrons. The van der Waals surface area contributed by atoms with Crippen molar-refractivity contribution in [3.63, 3.8) is 0 Å². The lowest BCUT2D eigenvalue weighted by molar-refractivity contribution is -0.116. The van der Waals surface area contributed by atoms with Crippen molar-refractivity contribution in [3.8, 4) is 5.75 Å². The van der Waals surface area contributed by atoms with E-state index in [9.17, 15) is 4.79 Å². The van der Waals surface area contributed by atoms with Gasteiger partial charge in [0.05, 0.1) is 11.7 Å². The molecule has 2 fully saturated rings. The standard InChI is InChI=1S/C20H24N2O3/c1-19(2,3)25-18(23)22-12-20(13-22)9-16(10-20)24-15-8-14-6-4-5-7-17(14)21-11-15/h4-8,11,16H,9-10,12-13H2,1-3H3. The van der Waals surface area contributed by atoms with Crippen LogP contribution in [0.3, 0.4) is 0 Å². The van der Waals surface area contributed by atoms with Crippen molar-refractivity contribution in [2.45, 2.75) is 45.3 Å². The van der Waals surface area contributed by atoms with Crippen LogP contribution in [0.5, 0.6) is 5.75 Å². The maximum Gasteiger partial charge on any atom is 0.410 e. The first kappa shape index (κ1) is 16.2. The summed E-state index contributed by atoms with van der Waals surface area (Å²) in [6.45, 7) is 7.23. The number of para-hydroxylation sites is 1. The highest BCUT2D eigenvalue weighted by Gasteiger charge is 2.55. The highest BCUT2D eigenvalue weighted by atomic mass is 16.6. The van der Waals surface area contributed by atoms with Crippen molar-refractivity contribution < 1.29 is 14.3 Å². The van der Waals surface area contributed by atoms with E-state index in [1.54, 1.807) is 11.1 Å². The third kappa shape index (κ3) is 3.28. The molecule has 1 amide bonds. The SMILES string of the molecule is CC(C)(C)OC(=O)N1CC2(CC(Oc3cnc4ccccc4c3)C2)C1. The maximum absolute atomic E-state index is 12.0. The molecule has 1 aromatic carbocycles. The number of amides is 1. The minimum Gasteiger partial charge on any atom is -0.489 e. The van der Waals surface area contributed by atoms with Crippen LogP contribution in [0.4, 0.5) is 4.79 Å². The van der Waals surface area contributed by atoms with Crippen molar-refractivity contribution in [2.24, 2.45) is 5.41 Å². The van der Waals surface area contributed by atoms with E-state index >= 15 is 0 Å². The van der Waals surface area contributed by atoms with Crippen molar-refractivity contribution in [3.05, 3.63) is 36.5 Å². The van der Waals surface area contributed by atoms with Gasteiger partial charge in [-0.05, 0) is 45.7 Å². The normalized spacial score (nSPS) is 19.4. The van der Waals surface area contributed by atoms with Gasteiger partial charge in [-0.1, -0.05) is 18.2 Å². The van der Waals surface area contributed by atoms with Crippen molar-refractivity contribution >= 4 is 17.0 Å². The zero-order chi connectivity index (χ0) is 17.7. The second kappa shape index (κ2) is 5.61. The maximum atomic E-state index is 12.0. The Labute approximate surface area is 147 Å². The summed E-state index contributed by atoms with van der Waals surface area (Å²) in [4.78, 5) is 18.3. The zero-order valence-corrected chi connectivity index (χ0v) is 15.0. The molecular formula is C20H24N2O3. The minimum atomic E-state index is -0.436. The van der Waals surface area contributed by atoms with E-state index in [4.69, 9.17) is 9.47 Å². The quantitative estimate of drug-likeness (QED) is 0.829. The molecule has 0 radical (unpaired) electrons. The Kier molecular flexibility index (Phi) is 3.63. The first-order chi connectivity index (χ1) is 11.8. The number of nitrogens with zero attached hydrogens (tertiary/aromatic N) is 2. The molecule has 5 heteroatoms. The van der Waals surface area contributed by atoms with E-state index in [1.807, 2.05) is 51.1 Å². The van der Waals surface area contributed by atoms with Gasteiger partial charge in [0.25, 0.3) is 0 Å². The van der Waals surface area contributed by atoms with E-state index < -0.39 is 5.60 Å². The van der Waals surface area contributed by atoms with Gasteiger partial charge in [0.2, 0.25) is 0 Å². The second-order valence-corrected chi connectivity index (χ2v) is 8.35. The number of hydrogen-bond acceptors (Lipinski definition) is 4. The molecule has 4 rings (SSSR count). The number of carbonyl (C=O) groups excluding carboxylic acids is 1. The predicted octanol–water partition coefficient (Wildman–Crippen LogP) is 4.01. The molecule has 2 aromatic rings. The van der Waals surface area contributed by atoms with Gasteiger partial charge in [0.15, 0.2) is 0 Å². The number of ether oxygens (including phenoxy) is 2. The number of aromatic nitrogens is 1. The fraction of sp³-hybridized carbons (Fsp3) is 0.500. The van der Waals surface area contributed by atoms with Crippen LogP contribution >= 0.6 is 0 Å². The summed E-state index contributed by atoms with van der Waals surface area (Å²) in [6, 6.07) is 10.1. The number of benzene rings is 1. The Hall–Kier alpha value is -2.30. The summed E-state index contributed by atoms with van der Waals surface area (Å²) in [5.74, 6) is 0.821. The third-order valence-corrected chi connectivity index (χ3v) is 4.89. The third-order valence-electron chi connectivity index (χ3n) is 4.89. The molecule has 2 heterocycles. The average Bonchev–Trinajstić information content (AvgIpc) is 2.46. The summed E-state index contributed by atoms with van der Waals surface area (Å²) in [7, 11) is 0. The van der Waals surface area contributed by atoms with Crippen molar-refractivity contribution in [1.29, 1.82) is 0 Å². The van der Waals surface area contributed by atoms with Gasteiger partial charge in [0, 0.05) is 23.9 Å². The second-order valence-electron chi connectivity index (χ2n) is 8.35. The van der Waals surface area contributed by atoms with Crippen LogP contribution in [0, 0.1) is 5.41 Å². The van der Waals surface area contributed by atoms with Crippen LogP contribution in [-0.4, -0.2) is 40.8 Å². The molecule has 1 spiro atoms. The molecule has 1 aliphatic heterocycles. The first-order valence-electron chi connectivity index (χ1n) is 8.81. The number of fused-ring (bicyclic) bond motifs is 1. The Bertz CT molecular complexity index is 798. The van der Waals surface area contributed by atoms with E-state index in [1.165, 1.54) is 0 Å². The molecule has 25 heavy (non-hydrogen) atoms. The van der Waals surface area contributed by atoms with E-state index in [0.717, 1.165) is 42.6 Å². The summed E-state index contributed by atoms with van der Waals surface area (Å²) >= 11 is 0. The lowest BCUT2D eigenvalue weighted by Gasteiger charge is -2.58. The zero-order valence-electron chi connectivity index (χ0n) is 15.0. The molecule has 5 nitrogen and oxygen atoms in total. The lowest BCUT2D eigenvalue weighted by Crippen LogP contribution is -2.66. The highest BCUT2D eigenvalue weighted by molar-refractivity contribution is 5.79. The van der Waals surface area contributed by atoms with Crippen molar-refractivity contribution in [1.82, 2.24) is 9.88 Å². The van der Waals surface area contributed by atoms with Gasteiger partial charge in [-0.25, -0.2) is 4.79 Å². The van der Waals surface area contributed by atoms with Crippen LogP contribution in [0.1, 0.15) is 33.6 Å². The van der Waals surface area contributed by atoms with Gasteiger partial charge in [0.1, 0.15) is 17.5 Å².